The number of nitrogens with zero attached hydrogens (tertiary/aromatic N) is 2. The summed E-state index contributed by atoms with van der Waals surface area (Å²) in [7, 11) is 0. The van der Waals surface area contributed by atoms with Crippen LogP contribution in [0.1, 0.15) is 16.8 Å². The van der Waals surface area contributed by atoms with Crippen molar-refractivity contribution in [1.82, 2.24) is 4.98 Å². The summed E-state index contributed by atoms with van der Waals surface area (Å²) in [4.78, 5) is 4.29. The SMILES string of the molecule is Cc1cc(C)c(-c2ccc(C#N)cc2)cn1. The van der Waals surface area contributed by atoms with Crippen LogP contribution in [0, 0.1) is 25.2 Å². The second-order valence-electron chi connectivity index (χ2n) is 3.83. The van der Waals surface area contributed by atoms with E-state index < -0.39 is 0 Å². The zero-order valence-electron chi connectivity index (χ0n) is 9.36. The van der Waals surface area contributed by atoms with Gasteiger partial charge >= 0.3 is 0 Å². The fraction of sp³-hybridized carbons (Fsp3) is 0.143. The van der Waals surface area contributed by atoms with Gasteiger partial charge in [-0.3, -0.25) is 4.98 Å². The molecule has 0 aliphatic rings. The minimum Gasteiger partial charge on any atom is -0.261 e. The van der Waals surface area contributed by atoms with Crippen LogP contribution in [0.3, 0.4) is 0 Å². The Morgan fingerprint density at radius 3 is 2.38 bits per heavy atom. The number of aryl methyl sites for hydroxylation is 2. The van der Waals surface area contributed by atoms with Crippen LogP contribution >= 0.6 is 0 Å². The molecular formula is C14H12N2. The van der Waals surface area contributed by atoms with Crippen LogP contribution in [-0.4, -0.2) is 4.98 Å². The zero-order valence-corrected chi connectivity index (χ0v) is 9.36. The van der Waals surface area contributed by atoms with Gasteiger partial charge in [0.2, 0.25) is 0 Å². The lowest BCUT2D eigenvalue weighted by Gasteiger charge is -2.06. The molecule has 0 aliphatic heterocycles. The van der Waals surface area contributed by atoms with Crippen molar-refractivity contribution in [3.63, 3.8) is 0 Å². The first kappa shape index (κ1) is 10.4. The zero-order chi connectivity index (χ0) is 11.5. The van der Waals surface area contributed by atoms with E-state index in [1.54, 1.807) is 0 Å². The molecule has 0 atom stereocenters. The van der Waals surface area contributed by atoms with Crippen molar-refractivity contribution < 1.29 is 0 Å². The minimum atomic E-state index is 0.682. The van der Waals surface area contributed by atoms with Gasteiger partial charge < -0.3 is 0 Å². The Bertz CT molecular complexity index is 548. The van der Waals surface area contributed by atoms with E-state index in [4.69, 9.17) is 5.26 Å². The molecule has 0 bridgehead atoms. The summed E-state index contributed by atoms with van der Waals surface area (Å²) >= 11 is 0. The maximum absolute atomic E-state index is 8.73. The third-order valence-corrected chi connectivity index (χ3v) is 2.57. The van der Waals surface area contributed by atoms with Crippen molar-refractivity contribution in [3.8, 4) is 17.2 Å². The van der Waals surface area contributed by atoms with E-state index in [9.17, 15) is 0 Å². The van der Waals surface area contributed by atoms with Gasteiger partial charge in [0.25, 0.3) is 0 Å². The van der Waals surface area contributed by atoms with Gasteiger partial charge in [-0.1, -0.05) is 12.1 Å². The second kappa shape index (κ2) is 4.16. The average Bonchev–Trinajstić information content (AvgIpc) is 2.29. The molecule has 0 radical (unpaired) electrons. The van der Waals surface area contributed by atoms with Gasteiger partial charge in [0.05, 0.1) is 11.6 Å². The fourth-order valence-corrected chi connectivity index (χ4v) is 1.72. The van der Waals surface area contributed by atoms with Crippen molar-refractivity contribution in [3.05, 3.63) is 53.3 Å². The van der Waals surface area contributed by atoms with Crippen LogP contribution in [0.15, 0.2) is 36.5 Å². The summed E-state index contributed by atoms with van der Waals surface area (Å²) in [6, 6.07) is 11.7. The van der Waals surface area contributed by atoms with E-state index in [2.05, 4.69) is 24.0 Å². The molecule has 1 heterocycles. The van der Waals surface area contributed by atoms with Crippen LogP contribution in [0.4, 0.5) is 0 Å². The Balaban J connectivity index is 2.47. The summed E-state index contributed by atoms with van der Waals surface area (Å²) < 4.78 is 0. The van der Waals surface area contributed by atoms with E-state index in [1.165, 1.54) is 5.56 Å². The third kappa shape index (κ3) is 1.94. The third-order valence-electron chi connectivity index (χ3n) is 2.57. The maximum atomic E-state index is 8.73. The quantitative estimate of drug-likeness (QED) is 0.721. The summed E-state index contributed by atoms with van der Waals surface area (Å²) in [6.07, 6.45) is 1.88. The molecule has 0 amide bonds. The first-order valence-electron chi connectivity index (χ1n) is 5.14. The molecule has 2 rings (SSSR count). The summed E-state index contributed by atoms with van der Waals surface area (Å²) in [5.41, 5.74) is 5.13. The van der Waals surface area contributed by atoms with Gasteiger partial charge in [-0.25, -0.2) is 0 Å². The molecule has 16 heavy (non-hydrogen) atoms. The maximum Gasteiger partial charge on any atom is 0.0991 e. The highest BCUT2D eigenvalue weighted by Gasteiger charge is 2.02. The second-order valence-corrected chi connectivity index (χ2v) is 3.83. The molecular weight excluding hydrogens is 196 g/mol. The molecule has 2 aromatic rings. The van der Waals surface area contributed by atoms with E-state index >= 15 is 0 Å². The monoisotopic (exact) mass is 208 g/mol. The average molecular weight is 208 g/mol. The molecule has 78 valence electrons. The highest BCUT2D eigenvalue weighted by molar-refractivity contribution is 5.66. The highest BCUT2D eigenvalue weighted by atomic mass is 14.7. The van der Waals surface area contributed by atoms with Gasteiger partial charge in [0.15, 0.2) is 0 Å². The lowest BCUT2D eigenvalue weighted by atomic mass is 10.0. The van der Waals surface area contributed by atoms with Crippen molar-refractivity contribution in [1.29, 1.82) is 5.26 Å². The molecule has 2 nitrogen and oxygen atoms in total. The number of nitriles is 1. The number of hydrogen-bond donors (Lipinski definition) is 0. The van der Waals surface area contributed by atoms with Gasteiger partial charge in [-0.15, -0.1) is 0 Å². The topological polar surface area (TPSA) is 36.7 Å². The van der Waals surface area contributed by atoms with Crippen LogP contribution in [-0.2, 0) is 0 Å². The van der Waals surface area contributed by atoms with Crippen molar-refractivity contribution >= 4 is 0 Å². The Hall–Kier alpha value is -2.14. The van der Waals surface area contributed by atoms with Gasteiger partial charge in [-0.2, -0.15) is 5.26 Å². The number of aromatic nitrogens is 1. The number of hydrogen-bond acceptors (Lipinski definition) is 2. The predicted octanol–water partition coefficient (Wildman–Crippen LogP) is 3.24. The largest absolute Gasteiger partial charge is 0.261 e. The fourth-order valence-electron chi connectivity index (χ4n) is 1.72. The summed E-state index contributed by atoms with van der Waals surface area (Å²) in [6.45, 7) is 4.05. The molecule has 0 unspecified atom stereocenters. The number of benzene rings is 1. The molecule has 0 saturated heterocycles. The van der Waals surface area contributed by atoms with Crippen LogP contribution < -0.4 is 0 Å². The highest BCUT2D eigenvalue weighted by Crippen LogP contribution is 2.23. The van der Waals surface area contributed by atoms with Gasteiger partial charge in [-0.05, 0) is 43.2 Å². The number of pyridine rings is 1. The smallest absolute Gasteiger partial charge is 0.0991 e. The Morgan fingerprint density at radius 2 is 1.81 bits per heavy atom. The molecule has 1 aromatic heterocycles. The lowest BCUT2D eigenvalue weighted by Crippen LogP contribution is -1.88. The van der Waals surface area contributed by atoms with Crippen LogP contribution in [0.5, 0.6) is 0 Å². The van der Waals surface area contributed by atoms with Crippen molar-refractivity contribution in [2.75, 3.05) is 0 Å². The Labute approximate surface area is 95.2 Å². The molecule has 2 heteroatoms. The molecule has 1 aromatic carbocycles. The minimum absolute atomic E-state index is 0.682. The first-order chi connectivity index (χ1) is 7.70. The Morgan fingerprint density at radius 1 is 1.12 bits per heavy atom. The molecule has 0 saturated carbocycles. The Kier molecular flexibility index (Phi) is 2.70. The van der Waals surface area contributed by atoms with E-state index in [1.807, 2.05) is 37.4 Å². The van der Waals surface area contributed by atoms with E-state index in [0.717, 1.165) is 16.8 Å². The van der Waals surface area contributed by atoms with E-state index in [0.29, 0.717) is 5.56 Å². The van der Waals surface area contributed by atoms with Crippen LogP contribution in [0.25, 0.3) is 11.1 Å². The van der Waals surface area contributed by atoms with E-state index in [-0.39, 0.29) is 0 Å². The number of rotatable bonds is 1. The first-order valence-corrected chi connectivity index (χ1v) is 5.14. The van der Waals surface area contributed by atoms with Gasteiger partial charge in [0.1, 0.15) is 0 Å². The molecule has 0 fully saturated rings. The lowest BCUT2D eigenvalue weighted by molar-refractivity contribution is 1.18. The summed E-state index contributed by atoms with van der Waals surface area (Å²) in [5.74, 6) is 0. The summed E-state index contributed by atoms with van der Waals surface area (Å²) in [5, 5.41) is 8.73. The van der Waals surface area contributed by atoms with Crippen LogP contribution in [0.2, 0.25) is 0 Å². The predicted molar refractivity (Wildman–Crippen MR) is 63.9 cm³/mol. The molecule has 0 N–H and O–H groups in total. The standard InChI is InChI=1S/C14H12N2/c1-10-7-11(2)16-9-14(10)13-5-3-12(8-15)4-6-13/h3-7,9H,1-2H3. The van der Waals surface area contributed by atoms with Gasteiger partial charge in [0, 0.05) is 17.5 Å². The molecule has 0 spiro atoms. The van der Waals surface area contributed by atoms with Crippen molar-refractivity contribution in [2.24, 2.45) is 0 Å². The van der Waals surface area contributed by atoms with Crippen molar-refractivity contribution in [2.45, 2.75) is 13.8 Å². The molecule has 0 aliphatic carbocycles. The normalized spacial score (nSPS) is 9.81.